The number of carbonyl (C=O) groups excluding carboxylic acids is 2. The molecule has 0 radical (unpaired) electrons. The minimum absolute atomic E-state index is 0.0530. The first-order valence-corrected chi connectivity index (χ1v) is 9.30. The van der Waals surface area contributed by atoms with Gasteiger partial charge < -0.3 is 14.7 Å². The predicted molar refractivity (Wildman–Crippen MR) is 102 cm³/mol. The van der Waals surface area contributed by atoms with E-state index in [1.807, 2.05) is 24.0 Å². The summed E-state index contributed by atoms with van der Waals surface area (Å²) in [7, 11) is 0. The van der Waals surface area contributed by atoms with E-state index < -0.39 is 0 Å². The van der Waals surface area contributed by atoms with E-state index in [4.69, 9.17) is 0 Å². The molecule has 0 atom stereocenters. The van der Waals surface area contributed by atoms with E-state index in [0.717, 1.165) is 18.6 Å². The van der Waals surface area contributed by atoms with Crippen LogP contribution in [0.4, 0.5) is 5.82 Å². The lowest BCUT2D eigenvalue weighted by Gasteiger charge is -2.33. The van der Waals surface area contributed by atoms with Gasteiger partial charge in [-0.05, 0) is 24.5 Å². The molecule has 2 aliphatic rings. The number of rotatable bonds is 3. The standard InChI is InChI=1S/C20H23N5O2/c1-15-21-18(12-19(22-15)24-10-8-23(14-26)9-11-24)20(27)25-7-6-16-4-2-3-5-17(16)13-25/h2-5,12,14H,6-11,13H2,1H3. The van der Waals surface area contributed by atoms with Crippen molar-refractivity contribution in [1.82, 2.24) is 19.8 Å². The van der Waals surface area contributed by atoms with Crippen molar-refractivity contribution in [3.05, 3.63) is 53.0 Å². The molecule has 4 rings (SSSR count). The van der Waals surface area contributed by atoms with E-state index in [1.165, 1.54) is 11.1 Å². The molecule has 7 nitrogen and oxygen atoms in total. The Kier molecular flexibility index (Phi) is 4.75. The second-order valence-corrected chi connectivity index (χ2v) is 7.03. The van der Waals surface area contributed by atoms with Crippen LogP contribution < -0.4 is 4.90 Å². The number of anilines is 1. The molecule has 3 heterocycles. The number of carbonyl (C=O) groups is 2. The molecular weight excluding hydrogens is 342 g/mol. The van der Waals surface area contributed by atoms with Gasteiger partial charge in [-0.3, -0.25) is 9.59 Å². The summed E-state index contributed by atoms with van der Waals surface area (Å²) in [5, 5.41) is 0. The maximum Gasteiger partial charge on any atom is 0.272 e. The molecule has 2 amide bonds. The smallest absolute Gasteiger partial charge is 0.272 e. The highest BCUT2D eigenvalue weighted by atomic mass is 16.2. The Bertz CT molecular complexity index is 861. The quantitative estimate of drug-likeness (QED) is 0.766. The monoisotopic (exact) mass is 365 g/mol. The SMILES string of the molecule is Cc1nc(C(=O)N2CCc3ccccc3C2)cc(N2CCN(C=O)CC2)n1. The van der Waals surface area contributed by atoms with Gasteiger partial charge in [0.05, 0.1) is 0 Å². The normalized spacial score (nSPS) is 16.9. The van der Waals surface area contributed by atoms with E-state index in [2.05, 4.69) is 27.0 Å². The maximum absolute atomic E-state index is 13.1. The average Bonchev–Trinajstić information content (AvgIpc) is 2.72. The number of aryl methyl sites for hydroxylation is 1. The van der Waals surface area contributed by atoms with Crippen molar-refractivity contribution in [3.8, 4) is 0 Å². The van der Waals surface area contributed by atoms with Gasteiger partial charge in [-0.2, -0.15) is 0 Å². The second kappa shape index (κ2) is 7.34. The van der Waals surface area contributed by atoms with Crippen LogP contribution in [0.15, 0.2) is 30.3 Å². The Hall–Kier alpha value is -2.96. The molecule has 1 aromatic carbocycles. The zero-order valence-corrected chi connectivity index (χ0v) is 15.5. The van der Waals surface area contributed by atoms with Crippen LogP contribution in [0.2, 0.25) is 0 Å². The van der Waals surface area contributed by atoms with Crippen molar-refractivity contribution < 1.29 is 9.59 Å². The average molecular weight is 365 g/mol. The second-order valence-electron chi connectivity index (χ2n) is 7.03. The van der Waals surface area contributed by atoms with E-state index in [-0.39, 0.29) is 5.91 Å². The summed E-state index contributed by atoms with van der Waals surface area (Å²) in [6, 6.07) is 10.0. The summed E-state index contributed by atoms with van der Waals surface area (Å²) in [6.07, 6.45) is 1.75. The van der Waals surface area contributed by atoms with E-state index in [0.29, 0.717) is 50.8 Å². The van der Waals surface area contributed by atoms with E-state index >= 15 is 0 Å². The molecule has 1 aromatic heterocycles. The van der Waals surface area contributed by atoms with Crippen molar-refractivity contribution in [2.24, 2.45) is 0 Å². The minimum Gasteiger partial charge on any atom is -0.353 e. The highest BCUT2D eigenvalue weighted by Crippen LogP contribution is 2.21. The molecule has 1 fully saturated rings. The lowest BCUT2D eigenvalue weighted by atomic mass is 10.00. The fourth-order valence-corrected chi connectivity index (χ4v) is 3.71. The Morgan fingerprint density at radius 2 is 1.78 bits per heavy atom. The molecule has 0 aliphatic carbocycles. The van der Waals surface area contributed by atoms with Crippen LogP contribution in [-0.4, -0.2) is 64.8 Å². The molecule has 0 N–H and O–H groups in total. The third-order valence-corrected chi connectivity index (χ3v) is 5.25. The predicted octanol–water partition coefficient (Wildman–Crippen LogP) is 1.26. The lowest BCUT2D eigenvalue weighted by molar-refractivity contribution is -0.118. The Morgan fingerprint density at radius 3 is 2.52 bits per heavy atom. The maximum atomic E-state index is 13.1. The van der Waals surface area contributed by atoms with Gasteiger partial charge in [0.15, 0.2) is 0 Å². The molecule has 7 heteroatoms. The van der Waals surface area contributed by atoms with Crippen LogP contribution in [0.3, 0.4) is 0 Å². The molecule has 0 saturated carbocycles. The number of fused-ring (bicyclic) bond motifs is 1. The molecule has 1 saturated heterocycles. The largest absolute Gasteiger partial charge is 0.353 e. The van der Waals surface area contributed by atoms with Gasteiger partial charge in [0, 0.05) is 45.3 Å². The van der Waals surface area contributed by atoms with Crippen molar-refractivity contribution in [3.63, 3.8) is 0 Å². The topological polar surface area (TPSA) is 69.6 Å². The number of piperazine rings is 1. The van der Waals surface area contributed by atoms with Crippen LogP contribution in [0, 0.1) is 6.92 Å². The van der Waals surface area contributed by atoms with Crippen molar-refractivity contribution in [1.29, 1.82) is 0 Å². The summed E-state index contributed by atoms with van der Waals surface area (Å²) in [6.45, 7) is 5.88. The lowest BCUT2D eigenvalue weighted by Crippen LogP contribution is -2.46. The molecule has 27 heavy (non-hydrogen) atoms. The van der Waals surface area contributed by atoms with E-state index in [9.17, 15) is 9.59 Å². The van der Waals surface area contributed by atoms with Crippen LogP contribution >= 0.6 is 0 Å². The van der Waals surface area contributed by atoms with E-state index in [1.54, 1.807) is 11.0 Å². The molecule has 0 spiro atoms. The molecule has 2 aliphatic heterocycles. The number of amides is 2. The fourth-order valence-electron chi connectivity index (χ4n) is 3.71. The van der Waals surface area contributed by atoms with Gasteiger partial charge in [-0.15, -0.1) is 0 Å². The first-order chi connectivity index (χ1) is 13.1. The first kappa shape index (κ1) is 17.5. The Balaban J connectivity index is 1.53. The Labute approximate surface area is 158 Å². The molecule has 0 bridgehead atoms. The zero-order chi connectivity index (χ0) is 18.8. The van der Waals surface area contributed by atoms with Gasteiger partial charge in [-0.1, -0.05) is 24.3 Å². The zero-order valence-electron chi connectivity index (χ0n) is 15.5. The van der Waals surface area contributed by atoms with Gasteiger partial charge >= 0.3 is 0 Å². The molecule has 0 unspecified atom stereocenters. The van der Waals surface area contributed by atoms with Gasteiger partial charge in [0.2, 0.25) is 6.41 Å². The minimum atomic E-state index is -0.0530. The number of hydrogen-bond acceptors (Lipinski definition) is 5. The van der Waals surface area contributed by atoms with Gasteiger partial charge in [0.25, 0.3) is 5.91 Å². The van der Waals surface area contributed by atoms with Crippen molar-refractivity contribution in [2.45, 2.75) is 19.9 Å². The van der Waals surface area contributed by atoms with Crippen LogP contribution in [0.5, 0.6) is 0 Å². The third-order valence-electron chi connectivity index (χ3n) is 5.25. The fraction of sp³-hybridized carbons (Fsp3) is 0.400. The number of nitrogens with zero attached hydrogens (tertiary/aromatic N) is 5. The molecule has 2 aromatic rings. The van der Waals surface area contributed by atoms with Crippen molar-refractivity contribution >= 4 is 18.1 Å². The highest BCUT2D eigenvalue weighted by Gasteiger charge is 2.24. The summed E-state index contributed by atoms with van der Waals surface area (Å²) in [5.41, 5.74) is 2.96. The van der Waals surface area contributed by atoms with Crippen molar-refractivity contribution in [2.75, 3.05) is 37.6 Å². The summed E-state index contributed by atoms with van der Waals surface area (Å²) in [4.78, 5) is 38.6. The first-order valence-electron chi connectivity index (χ1n) is 9.30. The van der Waals surface area contributed by atoms with Gasteiger partial charge in [0.1, 0.15) is 17.3 Å². The summed E-state index contributed by atoms with van der Waals surface area (Å²) >= 11 is 0. The number of aromatic nitrogens is 2. The summed E-state index contributed by atoms with van der Waals surface area (Å²) in [5.74, 6) is 1.29. The molecule has 140 valence electrons. The number of hydrogen-bond donors (Lipinski definition) is 0. The number of benzene rings is 1. The highest BCUT2D eigenvalue weighted by molar-refractivity contribution is 5.93. The van der Waals surface area contributed by atoms with Crippen LogP contribution in [0.25, 0.3) is 0 Å². The summed E-state index contributed by atoms with van der Waals surface area (Å²) < 4.78 is 0. The molecular formula is C20H23N5O2. The van der Waals surface area contributed by atoms with Gasteiger partial charge in [-0.25, -0.2) is 9.97 Å². The third kappa shape index (κ3) is 3.63. The van der Waals surface area contributed by atoms with Crippen LogP contribution in [0.1, 0.15) is 27.4 Å². The van der Waals surface area contributed by atoms with Crippen LogP contribution in [-0.2, 0) is 17.8 Å². The Morgan fingerprint density at radius 1 is 1.04 bits per heavy atom.